The number of halogens is 1. The fourth-order valence-corrected chi connectivity index (χ4v) is 1.06. The minimum absolute atomic E-state index is 0.187. The van der Waals surface area contributed by atoms with Crippen LogP contribution in [0.1, 0.15) is 0 Å². The Balaban J connectivity index is 3.02. The number of imide groups is 1. The van der Waals surface area contributed by atoms with E-state index in [1.807, 2.05) is 0 Å². The van der Waals surface area contributed by atoms with E-state index in [1.54, 1.807) is 18.2 Å². The summed E-state index contributed by atoms with van der Waals surface area (Å²) in [6.07, 6.45) is 0. The number of carbonyl (C=O) groups is 2. The Morgan fingerprint density at radius 2 is 1.93 bits per heavy atom. The number of aliphatic hydroxyl groups is 1. The second kappa shape index (κ2) is 5.06. The lowest BCUT2D eigenvalue weighted by molar-refractivity contribution is -0.120. The molecule has 0 aliphatic carbocycles. The number of rotatable bonds is 2. The first-order chi connectivity index (χ1) is 7.20. The van der Waals surface area contributed by atoms with Crippen LogP contribution in [0, 0.1) is 0 Å². The van der Waals surface area contributed by atoms with Crippen LogP contribution in [0.4, 0.5) is 15.0 Å². The Morgan fingerprint density at radius 1 is 1.33 bits per heavy atom. The van der Waals surface area contributed by atoms with E-state index in [0.29, 0.717) is 4.90 Å². The molecular weight excluding hydrogens is 203 g/mol. The first-order valence-corrected chi connectivity index (χ1v) is 4.10. The van der Waals surface area contributed by atoms with Crippen LogP contribution in [0.3, 0.4) is 0 Å². The second-order valence-corrected chi connectivity index (χ2v) is 2.62. The zero-order valence-electron chi connectivity index (χ0n) is 7.68. The van der Waals surface area contributed by atoms with Crippen LogP contribution >= 0.6 is 0 Å². The number of aliphatic hydroxyl groups excluding tert-OH is 1. The van der Waals surface area contributed by atoms with Crippen molar-refractivity contribution in [3.05, 3.63) is 30.3 Å². The summed E-state index contributed by atoms with van der Waals surface area (Å²) in [6.45, 7) is -0.873. The third-order valence-electron chi connectivity index (χ3n) is 1.68. The molecule has 2 N–H and O–H groups in total. The van der Waals surface area contributed by atoms with Gasteiger partial charge in [0.2, 0.25) is 0 Å². The lowest BCUT2D eigenvalue weighted by atomic mass is 10.3. The summed E-state index contributed by atoms with van der Waals surface area (Å²) in [4.78, 5) is 22.7. The molecule has 80 valence electrons. The number of urea groups is 1. The highest BCUT2D eigenvalue weighted by Crippen LogP contribution is 2.13. The molecule has 6 heteroatoms. The van der Waals surface area contributed by atoms with Gasteiger partial charge in [-0.15, -0.1) is 0 Å². The maximum atomic E-state index is 11.9. The summed E-state index contributed by atoms with van der Waals surface area (Å²) in [5.74, 6) is -0.906. The van der Waals surface area contributed by atoms with Crippen molar-refractivity contribution < 1.29 is 19.2 Å². The van der Waals surface area contributed by atoms with Gasteiger partial charge in [-0.3, -0.25) is 4.79 Å². The molecule has 0 saturated carbocycles. The molecule has 0 aliphatic heterocycles. The molecule has 0 aliphatic rings. The average Bonchev–Trinajstić information content (AvgIpc) is 2.30. The van der Waals surface area contributed by atoms with Crippen molar-refractivity contribution in [1.82, 2.24) is 5.54 Å². The number of amides is 3. The summed E-state index contributed by atoms with van der Waals surface area (Å²) >= 11 is 0. The molecule has 0 aromatic heterocycles. The van der Waals surface area contributed by atoms with Gasteiger partial charge in [0.05, 0.1) is 5.69 Å². The van der Waals surface area contributed by atoms with E-state index in [2.05, 4.69) is 0 Å². The van der Waals surface area contributed by atoms with Crippen molar-refractivity contribution >= 4 is 17.6 Å². The number of anilines is 1. The monoisotopic (exact) mass is 212 g/mol. The molecule has 3 amide bonds. The van der Waals surface area contributed by atoms with E-state index in [-0.39, 0.29) is 5.69 Å². The van der Waals surface area contributed by atoms with E-state index in [4.69, 9.17) is 5.11 Å². The van der Waals surface area contributed by atoms with Crippen LogP contribution in [0.2, 0.25) is 0 Å². The lowest BCUT2D eigenvalue weighted by Crippen LogP contribution is -2.42. The van der Waals surface area contributed by atoms with E-state index in [1.165, 1.54) is 12.1 Å². The van der Waals surface area contributed by atoms with E-state index in [0.717, 1.165) is 5.54 Å². The number of hydrogen-bond acceptors (Lipinski definition) is 3. The van der Waals surface area contributed by atoms with Gasteiger partial charge < -0.3 is 5.11 Å². The Bertz CT molecular complexity index is 340. The van der Waals surface area contributed by atoms with Crippen molar-refractivity contribution in [2.24, 2.45) is 0 Å². The van der Waals surface area contributed by atoms with Crippen LogP contribution < -0.4 is 10.4 Å². The second-order valence-electron chi connectivity index (χ2n) is 2.62. The molecule has 0 saturated heterocycles. The SMILES string of the molecule is O=C(CO)N(C(=O)NF)c1ccccc1. The fraction of sp³-hybridized carbons (Fsp3) is 0.111. The maximum absolute atomic E-state index is 11.9. The van der Waals surface area contributed by atoms with Crippen LogP contribution in [-0.2, 0) is 4.79 Å². The molecule has 0 fully saturated rings. The molecule has 0 radical (unpaired) electrons. The van der Waals surface area contributed by atoms with E-state index in [9.17, 15) is 14.1 Å². The van der Waals surface area contributed by atoms with Crippen molar-refractivity contribution in [2.45, 2.75) is 0 Å². The predicted molar refractivity (Wildman–Crippen MR) is 50.7 cm³/mol. The Kier molecular flexibility index (Phi) is 3.75. The van der Waals surface area contributed by atoms with Crippen molar-refractivity contribution in [3.63, 3.8) is 0 Å². The van der Waals surface area contributed by atoms with Crippen molar-refractivity contribution in [2.75, 3.05) is 11.5 Å². The predicted octanol–water partition coefficient (Wildman–Crippen LogP) is 0.606. The highest BCUT2D eigenvalue weighted by molar-refractivity contribution is 6.14. The number of benzene rings is 1. The number of para-hydroxylation sites is 1. The van der Waals surface area contributed by atoms with Gasteiger partial charge in [-0.05, 0) is 12.1 Å². The quantitative estimate of drug-likeness (QED) is 0.705. The first-order valence-electron chi connectivity index (χ1n) is 4.10. The molecule has 0 unspecified atom stereocenters. The third kappa shape index (κ3) is 2.50. The van der Waals surface area contributed by atoms with Gasteiger partial charge in [-0.1, -0.05) is 22.7 Å². The molecular formula is C9H9FN2O3. The zero-order valence-corrected chi connectivity index (χ0v) is 7.68. The lowest BCUT2D eigenvalue weighted by Gasteiger charge is -2.17. The molecule has 1 rings (SSSR count). The van der Waals surface area contributed by atoms with Crippen LogP contribution in [0.15, 0.2) is 30.3 Å². The Hall–Kier alpha value is -1.95. The van der Waals surface area contributed by atoms with Gasteiger partial charge in [-0.2, -0.15) is 5.54 Å². The summed E-state index contributed by atoms with van der Waals surface area (Å²) in [5, 5.41) is 8.62. The molecule has 1 aromatic carbocycles. The van der Waals surface area contributed by atoms with Gasteiger partial charge >= 0.3 is 6.03 Å². The summed E-state index contributed by atoms with van der Waals surface area (Å²) in [7, 11) is 0. The normalized spacial score (nSPS) is 9.47. The fourth-order valence-electron chi connectivity index (χ4n) is 1.06. The zero-order chi connectivity index (χ0) is 11.3. The summed E-state index contributed by atoms with van der Waals surface area (Å²) in [6, 6.07) is 6.50. The summed E-state index contributed by atoms with van der Waals surface area (Å²) in [5.41, 5.74) is 1.02. The van der Waals surface area contributed by atoms with Gasteiger partial charge in [0, 0.05) is 0 Å². The van der Waals surface area contributed by atoms with Gasteiger partial charge in [-0.25, -0.2) is 9.69 Å². The van der Waals surface area contributed by atoms with Gasteiger partial charge in [0.1, 0.15) is 6.61 Å². The molecule has 0 spiro atoms. The summed E-state index contributed by atoms with van der Waals surface area (Å²) < 4.78 is 11.9. The Morgan fingerprint density at radius 3 is 2.40 bits per heavy atom. The highest BCUT2D eigenvalue weighted by atomic mass is 19.2. The number of nitrogens with one attached hydrogen (secondary N) is 1. The minimum Gasteiger partial charge on any atom is -0.387 e. The molecule has 0 heterocycles. The molecule has 0 bridgehead atoms. The number of carbonyl (C=O) groups excluding carboxylic acids is 2. The standard InChI is InChI=1S/C9H9FN2O3/c10-11-9(15)12(8(14)6-13)7-4-2-1-3-5-7/h1-5,13H,6H2,(H,11,15). The first kappa shape index (κ1) is 11.1. The number of hydrogen-bond donors (Lipinski definition) is 2. The molecule has 15 heavy (non-hydrogen) atoms. The molecule has 0 atom stereocenters. The van der Waals surface area contributed by atoms with Crippen LogP contribution in [0.5, 0.6) is 0 Å². The topological polar surface area (TPSA) is 69.6 Å². The molecule has 5 nitrogen and oxygen atoms in total. The van der Waals surface area contributed by atoms with Crippen molar-refractivity contribution in [1.29, 1.82) is 0 Å². The highest BCUT2D eigenvalue weighted by Gasteiger charge is 2.22. The number of nitrogens with zero attached hydrogens (tertiary/aromatic N) is 1. The van der Waals surface area contributed by atoms with Gasteiger partial charge in [0.15, 0.2) is 0 Å². The third-order valence-corrected chi connectivity index (χ3v) is 1.68. The average molecular weight is 212 g/mol. The smallest absolute Gasteiger partial charge is 0.356 e. The Labute approximate surface area is 85.1 Å². The minimum atomic E-state index is -1.24. The van der Waals surface area contributed by atoms with Gasteiger partial charge in [0.25, 0.3) is 5.91 Å². The van der Waals surface area contributed by atoms with Crippen LogP contribution in [-0.4, -0.2) is 23.7 Å². The van der Waals surface area contributed by atoms with E-state index >= 15 is 0 Å². The van der Waals surface area contributed by atoms with Crippen LogP contribution in [0.25, 0.3) is 0 Å². The van der Waals surface area contributed by atoms with E-state index < -0.39 is 18.5 Å². The molecule has 1 aromatic rings. The van der Waals surface area contributed by atoms with Crippen molar-refractivity contribution in [3.8, 4) is 0 Å². The largest absolute Gasteiger partial charge is 0.387 e. The maximum Gasteiger partial charge on any atom is 0.356 e.